The Bertz CT molecular complexity index is 438. The predicted molar refractivity (Wildman–Crippen MR) is 88.6 cm³/mol. The molecule has 0 bridgehead atoms. The minimum Gasteiger partial charge on any atom is -0.356 e. The van der Waals surface area contributed by atoms with E-state index in [1.807, 2.05) is 6.20 Å². The van der Waals surface area contributed by atoms with Gasteiger partial charge in [0.25, 0.3) is 0 Å². The molecule has 3 rings (SSSR count). The van der Waals surface area contributed by atoms with Crippen molar-refractivity contribution in [2.75, 3.05) is 24.5 Å². The molecule has 1 heterocycles. The van der Waals surface area contributed by atoms with E-state index in [0.717, 1.165) is 18.4 Å². The van der Waals surface area contributed by atoms with E-state index in [-0.39, 0.29) is 0 Å². The second-order valence-corrected chi connectivity index (χ2v) is 6.88. The van der Waals surface area contributed by atoms with Crippen molar-refractivity contribution in [1.29, 1.82) is 0 Å². The summed E-state index contributed by atoms with van der Waals surface area (Å²) in [4.78, 5) is 7.33. The lowest BCUT2D eigenvalue weighted by molar-refractivity contribution is 0.564. The summed E-state index contributed by atoms with van der Waals surface area (Å²) in [7, 11) is 0. The van der Waals surface area contributed by atoms with Crippen molar-refractivity contribution in [2.24, 2.45) is 11.8 Å². The van der Waals surface area contributed by atoms with E-state index >= 15 is 0 Å². The Morgan fingerprint density at radius 2 is 1.90 bits per heavy atom. The molecule has 0 amide bonds. The van der Waals surface area contributed by atoms with Crippen LogP contribution in [0.25, 0.3) is 0 Å². The van der Waals surface area contributed by atoms with Crippen molar-refractivity contribution < 1.29 is 0 Å². The lowest BCUT2D eigenvalue weighted by atomic mass is 10.1. The third-order valence-electron chi connectivity index (χ3n) is 4.63. The van der Waals surface area contributed by atoms with E-state index < -0.39 is 0 Å². The van der Waals surface area contributed by atoms with Crippen molar-refractivity contribution in [3.8, 4) is 0 Å². The van der Waals surface area contributed by atoms with Gasteiger partial charge >= 0.3 is 0 Å². The molecule has 1 aromatic heterocycles. The third kappa shape index (κ3) is 4.19. The highest BCUT2D eigenvalue weighted by Crippen LogP contribution is 2.36. The lowest BCUT2D eigenvalue weighted by Crippen LogP contribution is -2.31. The molecule has 0 aliphatic heterocycles. The molecule has 2 fully saturated rings. The summed E-state index contributed by atoms with van der Waals surface area (Å²) in [5.41, 5.74) is 1.37. The maximum absolute atomic E-state index is 4.76. The Balaban J connectivity index is 1.76. The van der Waals surface area contributed by atoms with Gasteiger partial charge in [0.2, 0.25) is 0 Å². The summed E-state index contributed by atoms with van der Waals surface area (Å²) < 4.78 is 0. The fraction of sp³-hybridized carbons (Fsp3) is 0.722. The predicted octanol–water partition coefficient (Wildman–Crippen LogP) is 3.77. The fourth-order valence-electron chi connectivity index (χ4n) is 2.95. The van der Waals surface area contributed by atoms with Crippen LogP contribution in [0.5, 0.6) is 0 Å². The Morgan fingerprint density at radius 1 is 1.24 bits per heavy atom. The van der Waals surface area contributed by atoms with E-state index in [2.05, 4.69) is 36.2 Å². The summed E-state index contributed by atoms with van der Waals surface area (Å²) in [6, 6.07) is 4.72. The highest BCUT2D eigenvalue weighted by Gasteiger charge is 2.31. The quantitative estimate of drug-likeness (QED) is 0.749. The van der Waals surface area contributed by atoms with Crippen molar-refractivity contribution >= 4 is 5.82 Å². The van der Waals surface area contributed by atoms with Gasteiger partial charge in [-0.25, -0.2) is 4.98 Å². The standard InChI is InChI=1S/C18H29N3/c1-3-10-19-14(2)17-5-4-11-20-18(17)21(12-15-6-7-15)13-16-8-9-16/h4-5,11,14-16,19H,3,6-10,12-13H2,1-2H3. The summed E-state index contributed by atoms with van der Waals surface area (Å²) in [6.07, 6.45) is 8.77. The summed E-state index contributed by atoms with van der Waals surface area (Å²) in [5.74, 6) is 3.06. The fourth-order valence-corrected chi connectivity index (χ4v) is 2.95. The van der Waals surface area contributed by atoms with E-state index in [9.17, 15) is 0 Å². The molecular weight excluding hydrogens is 258 g/mol. The monoisotopic (exact) mass is 287 g/mol. The van der Waals surface area contributed by atoms with Crippen molar-refractivity contribution in [3.63, 3.8) is 0 Å². The number of hydrogen-bond donors (Lipinski definition) is 1. The molecule has 3 heteroatoms. The van der Waals surface area contributed by atoms with Crippen LogP contribution >= 0.6 is 0 Å². The molecule has 3 nitrogen and oxygen atoms in total. The van der Waals surface area contributed by atoms with Gasteiger partial charge < -0.3 is 10.2 Å². The smallest absolute Gasteiger partial charge is 0.133 e. The van der Waals surface area contributed by atoms with Gasteiger partial charge in [0, 0.05) is 30.9 Å². The van der Waals surface area contributed by atoms with E-state index in [1.54, 1.807) is 0 Å². The topological polar surface area (TPSA) is 28.2 Å². The average Bonchev–Trinajstić information content (AvgIpc) is 3.40. The van der Waals surface area contributed by atoms with E-state index in [4.69, 9.17) is 4.98 Å². The van der Waals surface area contributed by atoms with Crippen LogP contribution in [0.1, 0.15) is 57.6 Å². The minimum atomic E-state index is 0.384. The molecule has 0 spiro atoms. The third-order valence-corrected chi connectivity index (χ3v) is 4.63. The zero-order chi connectivity index (χ0) is 14.7. The van der Waals surface area contributed by atoms with Crippen LogP contribution < -0.4 is 10.2 Å². The maximum Gasteiger partial charge on any atom is 0.133 e. The molecule has 21 heavy (non-hydrogen) atoms. The van der Waals surface area contributed by atoms with Gasteiger partial charge in [-0.3, -0.25) is 0 Å². The van der Waals surface area contributed by atoms with Gasteiger partial charge in [-0.1, -0.05) is 13.0 Å². The minimum absolute atomic E-state index is 0.384. The molecule has 2 aliphatic rings. The highest BCUT2D eigenvalue weighted by molar-refractivity contribution is 5.48. The molecule has 2 saturated carbocycles. The molecule has 0 aromatic carbocycles. The molecule has 0 saturated heterocycles. The molecule has 1 atom stereocenters. The Labute approximate surface area is 129 Å². The molecule has 116 valence electrons. The van der Waals surface area contributed by atoms with Crippen molar-refractivity contribution in [3.05, 3.63) is 23.9 Å². The molecule has 1 aromatic rings. The zero-order valence-electron chi connectivity index (χ0n) is 13.5. The van der Waals surface area contributed by atoms with E-state index in [0.29, 0.717) is 6.04 Å². The van der Waals surface area contributed by atoms with Gasteiger partial charge in [0.05, 0.1) is 0 Å². The lowest BCUT2D eigenvalue weighted by Gasteiger charge is -2.28. The van der Waals surface area contributed by atoms with Crippen LogP contribution in [0.3, 0.4) is 0 Å². The number of aromatic nitrogens is 1. The van der Waals surface area contributed by atoms with Gasteiger partial charge in [-0.15, -0.1) is 0 Å². The van der Waals surface area contributed by atoms with Crippen LogP contribution in [-0.4, -0.2) is 24.6 Å². The van der Waals surface area contributed by atoms with Crippen molar-refractivity contribution in [1.82, 2.24) is 10.3 Å². The van der Waals surface area contributed by atoms with E-state index in [1.165, 1.54) is 56.6 Å². The van der Waals surface area contributed by atoms with Crippen LogP contribution in [-0.2, 0) is 0 Å². The van der Waals surface area contributed by atoms with Crippen LogP contribution in [0.4, 0.5) is 5.82 Å². The second kappa shape index (κ2) is 6.78. The zero-order valence-corrected chi connectivity index (χ0v) is 13.5. The van der Waals surface area contributed by atoms with Crippen LogP contribution in [0.2, 0.25) is 0 Å². The first-order chi connectivity index (χ1) is 10.3. The summed E-state index contributed by atoms with van der Waals surface area (Å²) >= 11 is 0. The van der Waals surface area contributed by atoms with Crippen LogP contribution in [0.15, 0.2) is 18.3 Å². The number of nitrogens with zero attached hydrogens (tertiary/aromatic N) is 2. The Hall–Kier alpha value is -1.09. The number of pyridine rings is 1. The van der Waals surface area contributed by atoms with Crippen molar-refractivity contribution in [2.45, 2.75) is 52.0 Å². The van der Waals surface area contributed by atoms with Gasteiger partial charge in [0.1, 0.15) is 5.82 Å². The molecular formula is C18H29N3. The first-order valence-corrected chi connectivity index (χ1v) is 8.71. The molecule has 0 radical (unpaired) electrons. The maximum atomic E-state index is 4.76. The molecule has 1 N–H and O–H groups in total. The SMILES string of the molecule is CCCNC(C)c1cccnc1N(CC1CC1)CC1CC1. The Morgan fingerprint density at radius 3 is 2.48 bits per heavy atom. The first kappa shape index (κ1) is 14.8. The first-order valence-electron chi connectivity index (χ1n) is 8.71. The normalized spacial score (nSPS) is 19.5. The molecule has 1 unspecified atom stereocenters. The van der Waals surface area contributed by atoms with Gasteiger partial charge in [0.15, 0.2) is 0 Å². The highest BCUT2D eigenvalue weighted by atomic mass is 15.2. The number of nitrogens with one attached hydrogen (secondary N) is 1. The number of rotatable bonds is 9. The second-order valence-electron chi connectivity index (χ2n) is 6.88. The number of anilines is 1. The summed E-state index contributed by atoms with van der Waals surface area (Å²) in [6.45, 7) is 7.97. The van der Waals surface area contributed by atoms with Crippen LogP contribution in [0, 0.1) is 11.8 Å². The number of hydrogen-bond acceptors (Lipinski definition) is 3. The largest absolute Gasteiger partial charge is 0.356 e. The average molecular weight is 287 g/mol. The summed E-state index contributed by atoms with van der Waals surface area (Å²) in [5, 5.41) is 3.62. The molecule has 2 aliphatic carbocycles. The van der Waals surface area contributed by atoms with Gasteiger partial charge in [-0.2, -0.15) is 0 Å². The Kier molecular flexibility index (Phi) is 4.79. The van der Waals surface area contributed by atoms with Gasteiger partial charge in [-0.05, 0) is 63.5 Å².